The molecule has 11 nitrogen and oxygen atoms in total. The zero-order chi connectivity index (χ0) is 32.9. The minimum atomic E-state index is -0.384. The molecule has 0 aliphatic heterocycles. The third-order valence-corrected chi connectivity index (χ3v) is 6.81. The van der Waals surface area contributed by atoms with E-state index in [0.717, 1.165) is 0 Å². The van der Waals surface area contributed by atoms with Crippen LogP contribution in [0.2, 0.25) is 0 Å². The molecule has 0 atom stereocenters. The van der Waals surface area contributed by atoms with Gasteiger partial charge in [-0.3, -0.25) is 0 Å². The Morgan fingerprint density at radius 3 is 1.48 bits per heavy atom. The minimum Gasteiger partial charge on any atom is -0.463 e. The summed E-state index contributed by atoms with van der Waals surface area (Å²) >= 11 is 0. The van der Waals surface area contributed by atoms with Crippen molar-refractivity contribution >= 4 is 11.9 Å². The molecule has 0 aromatic heterocycles. The Hall–Kier alpha value is -2.90. The number of hydrogen-bond acceptors (Lipinski definition) is 11. The number of rotatable bonds is 25. The fourth-order valence-corrected chi connectivity index (χ4v) is 4.60. The molecule has 0 bridgehead atoms. The van der Waals surface area contributed by atoms with Crippen molar-refractivity contribution in [2.24, 2.45) is 5.41 Å². The maximum atomic E-state index is 12.2. The second-order valence-electron chi connectivity index (χ2n) is 11.9. The molecule has 0 amide bonds. The summed E-state index contributed by atoms with van der Waals surface area (Å²) in [6.07, 6.45) is 0. The molecule has 0 unspecified atom stereocenters. The van der Waals surface area contributed by atoms with Gasteiger partial charge in [0.1, 0.15) is 19.8 Å². The molecule has 46 heavy (non-hydrogen) atoms. The number of carbonyl (C=O) groups excluding carboxylic acids is 2. The van der Waals surface area contributed by atoms with Crippen molar-refractivity contribution < 1.29 is 47.5 Å². The van der Waals surface area contributed by atoms with Gasteiger partial charge in [0.15, 0.2) is 0 Å². The van der Waals surface area contributed by atoms with E-state index in [4.69, 9.17) is 37.9 Å². The number of carbonyl (C=O) groups is 2. The molecule has 1 N–H and O–H groups in total. The van der Waals surface area contributed by atoms with Crippen LogP contribution in [0.5, 0.6) is 0 Å². The van der Waals surface area contributed by atoms with E-state index in [2.05, 4.69) is 29.6 Å². The Balaban J connectivity index is 1.03. The zero-order valence-corrected chi connectivity index (χ0v) is 27.6. The molecule has 0 fully saturated rings. The second kappa shape index (κ2) is 21.8. The van der Waals surface area contributed by atoms with E-state index in [1.54, 1.807) is 0 Å². The fourth-order valence-electron chi connectivity index (χ4n) is 4.60. The van der Waals surface area contributed by atoms with E-state index in [1.807, 2.05) is 45.0 Å². The van der Waals surface area contributed by atoms with Crippen molar-refractivity contribution in [3.63, 3.8) is 0 Å². The smallest absolute Gasteiger partial charge is 0.332 e. The zero-order valence-electron chi connectivity index (χ0n) is 27.6. The average molecular weight is 646 g/mol. The number of fused-ring (bicyclic) bond motifs is 3. The maximum Gasteiger partial charge on any atom is 0.332 e. The van der Waals surface area contributed by atoms with E-state index in [0.29, 0.717) is 85.8 Å². The van der Waals surface area contributed by atoms with Gasteiger partial charge in [-0.15, -0.1) is 0 Å². The topological polar surface area (TPSA) is 120 Å². The maximum absolute atomic E-state index is 12.2. The lowest BCUT2D eigenvalue weighted by molar-refractivity contribution is -0.152. The molecule has 11 heteroatoms. The summed E-state index contributed by atoms with van der Waals surface area (Å²) in [5.74, 6) is -0.710. The molecule has 256 valence electrons. The molecule has 0 spiro atoms. The molecule has 0 saturated heterocycles. The first-order valence-corrected chi connectivity index (χ1v) is 16.0. The molecule has 0 radical (unpaired) electrons. The van der Waals surface area contributed by atoms with Gasteiger partial charge in [0, 0.05) is 19.0 Å². The number of nitrogens with one attached hydrogen (secondary N) is 1. The van der Waals surface area contributed by atoms with Crippen LogP contribution in [-0.4, -0.2) is 118 Å². The van der Waals surface area contributed by atoms with Gasteiger partial charge in [0.2, 0.25) is 0 Å². The predicted octanol–water partition coefficient (Wildman–Crippen LogP) is 3.62. The van der Waals surface area contributed by atoms with E-state index >= 15 is 0 Å². The van der Waals surface area contributed by atoms with Gasteiger partial charge in [-0.25, -0.2) is 9.59 Å². The van der Waals surface area contributed by atoms with Crippen molar-refractivity contribution in [2.75, 3.05) is 106 Å². The first kappa shape index (κ1) is 37.6. The minimum absolute atomic E-state index is 0.0379. The first-order valence-electron chi connectivity index (χ1n) is 16.0. The highest BCUT2D eigenvalue weighted by Crippen LogP contribution is 2.44. The first-order chi connectivity index (χ1) is 22.3. The van der Waals surface area contributed by atoms with Gasteiger partial charge >= 0.3 is 11.9 Å². The Bertz CT molecular complexity index is 1110. The van der Waals surface area contributed by atoms with Crippen molar-refractivity contribution in [3.8, 4) is 11.1 Å². The standard InChI is InChI=1S/C35H51NO10/c1-35(2,3)27-46-34(38)26-44-23-21-42-19-17-40-15-13-36-12-14-39-16-18-41-20-22-43-25-33(37)45-24-32-30-10-6-4-8-28(30)29-9-5-7-11-31(29)32/h4-11,32,36H,12-27H2,1-3H3. The Morgan fingerprint density at radius 2 is 1.00 bits per heavy atom. The fraction of sp³-hybridized carbons (Fsp3) is 0.600. The Labute approximate surface area is 273 Å². The molecular formula is C35H51NO10. The molecule has 2 aromatic rings. The average Bonchev–Trinajstić information content (AvgIpc) is 3.36. The van der Waals surface area contributed by atoms with E-state index in [9.17, 15) is 9.59 Å². The lowest BCUT2D eigenvalue weighted by Crippen LogP contribution is -2.25. The summed E-state index contributed by atoms with van der Waals surface area (Å²) in [6.45, 7) is 12.3. The molecule has 1 aliphatic carbocycles. The summed E-state index contributed by atoms with van der Waals surface area (Å²) in [5, 5.41) is 3.24. The summed E-state index contributed by atoms with van der Waals surface area (Å²) < 4.78 is 43.3. The van der Waals surface area contributed by atoms with Gasteiger partial charge in [0.25, 0.3) is 0 Å². The largest absolute Gasteiger partial charge is 0.463 e. The molecule has 3 rings (SSSR count). The predicted molar refractivity (Wildman–Crippen MR) is 173 cm³/mol. The number of ether oxygens (including phenoxy) is 8. The van der Waals surface area contributed by atoms with Crippen LogP contribution in [-0.2, 0) is 47.5 Å². The third kappa shape index (κ3) is 15.1. The molecular weight excluding hydrogens is 594 g/mol. The molecule has 0 heterocycles. The summed E-state index contributed by atoms with van der Waals surface area (Å²) in [7, 11) is 0. The van der Waals surface area contributed by atoms with Crippen LogP contribution >= 0.6 is 0 Å². The quantitative estimate of drug-likeness (QED) is 0.126. The highest BCUT2D eigenvalue weighted by atomic mass is 16.6. The summed E-state index contributed by atoms with van der Waals surface area (Å²) in [6, 6.07) is 16.5. The van der Waals surface area contributed by atoms with E-state index in [1.165, 1.54) is 22.3 Å². The highest BCUT2D eigenvalue weighted by Gasteiger charge is 2.29. The van der Waals surface area contributed by atoms with E-state index in [-0.39, 0.29) is 43.1 Å². The normalized spacial score (nSPS) is 12.6. The summed E-state index contributed by atoms with van der Waals surface area (Å²) in [4.78, 5) is 23.8. The SMILES string of the molecule is CC(C)(C)COC(=O)COCCOCCOCCNCCOCCOCCOCC(=O)OCC1c2ccccc2-c2ccccc21. The van der Waals surface area contributed by atoms with Crippen LogP contribution in [0.25, 0.3) is 11.1 Å². The van der Waals surface area contributed by atoms with Crippen LogP contribution in [0.15, 0.2) is 48.5 Å². The van der Waals surface area contributed by atoms with Crippen molar-refractivity contribution in [3.05, 3.63) is 59.7 Å². The van der Waals surface area contributed by atoms with Gasteiger partial charge in [-0.1, -0.05) is 69.3 Å². The molecule has 0 saturated carbocycles. The highest BCUT2D eigenvalue weighted by molar-refractivity contribution is 5.79. The van der Waals surface area contributed by atoms with Gasteiger partial charge in [-0.2, -0.15) is 0 Å². The number of benzene rings is 2. The van der Waals surface area contributed by atoms with Gasteiger partial charge < -0.3 is 43.2 Å². The van der Waals surface area contributed by atoms with Crippen molar-refractivity contribution in [1.29, 1.82) is 0 Å². The van der Waals surface area contributed by atoms with Crippen LogP contribution < -0.4 is 5.32 Å². The van der Waals surface area contributed by atoms with Gasteiger partial charge in [0.05, 0.1) is 72.7 Å². The third-order valence-electron chi connectivity index (χ3n) is 6.81. The number of hydrogen-bond donors (Lipinski definition) is 1. The molecule has 2 aromatic carbocycles. The van der Waals surface area contributed by atoms with Crippen molar-refractivity contribution in [2.45, 2.75) is 26.7 Å². The lowest BCUT2D eigenvalue weighted by Gasteiger charge is -2.17. The Kier molecular flexibility index (Phi) is 17.8. The van der Waals surface area contributed by atoms with Gasteiger partial charge in [-0.05, 0) is 27.7 Å². The van der Waals surface area contributed by atoms with Crippen LogP contribution in [0.1, 0.15) is 37.8 Å². The second-order valence-corrected chi connectivity index (χ2v) is 11.9. The lowest BCUT2D eigenvalue weighted by atomic mass is 9.98. The van der Waals surface area contributed by atoms with Crippen molar-refractivity contribution in [1.82, 2.24) is 5.32 Å². The van der Waals surface area contributed by atoms with Crippen LogP contribution in [0, 0.1) is 5.41 Å². The van der Waals surface area contributed by atoms with E-state index < -0.39 is 0 Å². The summed E-state index contributed by atoms with van der Waals surface area (Å²) in [5.41, 5.74) is 4.71. The number of esters is 2. The monoisotopic (exact) mass is 645 g/mol. The van der Waals surface area contributed by atoms with Crippen LogP contribution in [0.3, 0.4) is 0 Å². The Morgan fingerprint density at radius 1 is 0.587 bits per heavy atom. The van der Waals surface area contributed by atoms with Crippen LogP contribution in [0.4, 0.5) is 0 Å². The molecule has 1 aliphatic rings.